The molecule has 5 nitrogen and oxygen atoms in total. The molecule has 0 aromatic heterocycles. The van der Waals surface area contributed by atoms with Crippen molar-refractivity contribution in [3.8, 4) is 11.1 Å². The molecule has 1 amide bonds. The molecule has 1 aliphatic carbocycles. The van der Waals surface area contributed by atoms with Crippen LogP contribution in [0.4, 0.5) is 4.79 Å². The summed E-state index contributed by atoms with van der Waals surface area (Å²) in [5.74, 6) is -1.13. The fourth-order valence-electron chi connectivity index (χ4n) is 2.88. The van der Waals surface area contributed by atoms with Crippen molar-refractivity contribution in [1.82, 2.24) is 5.32 Å². The van der Waals surface area contributed by atoms with Gasteiger partial charge >= 0.3 is 12.1 Å². The van der Waals surface area contributed by atoms with Crippen molar-refractivity contribution in [3.63, 3.8) is 0 Å². The third-order valence-electron chi connectivity index (χ3n) is 4.05. The molecule has 0 saturated heterocycles. The molecule has 0 heterocycles. The minimum Gasteiger partial charge on any atom is -0.480 e. The Kier molecular flexibility index (Phi) is 4.02. The number of carbonyl (C=O) groups is 2. The molecule has 0 aliphatic heterocycles. The first-order valence-electron chi connectivity index (χ1n) is 7.42. The van der Waals surface area contributed by atoms with Crippen LogP contribution in [-0.4, -0.2) is 29.8 Å². The number of ether oxygens (including phenoxy) is 1. The van der Waals surface area contributed by atoms with Gasteiger partial charge in [-0.05, 0) is 29.2 Å². The average Bonchev–Trinajstić information content (AvgIpc) is 2.87. The van der Waals surface area contributed by atoms with E-state index < -0.39 is 18.1 Å². The van der Waals surface area contributed by atoms with Crippen LogP contribution in [0.25, 0.3) is 11.1 Å². The van der Waals surface area contributed by atoms with E-state index in [0.29, 0.717) is 0 Å². The van der Waals surface area contributed by atoms with Crippen LogP contribution in [-0.2, 0) is 9.53 Å². The van der Waals surface area contributed by atoms with Gasteiger partial charge in [0.1, 0.15) is 12.6 Å². The Morgan fingerprint density at radius 1 is 1.17 bits per heavy atom. The van der Waals surface area contributed by atoms with Gasteiger partial charge in [0.05, 0.1) is 0 Å². The second kappa shape index (κ2) is 6.12. The number of carboxylic acids is 1. The Balaban J connectivity index is 1.76. The van der Waals surface area contributed by atoms with E-state index in [1.54, 1.807) is 0 Å². The molecule has 0 saturated carbocycles. The molecule has 118 valence electrons. The standard InChI is InChI=1S/C18H17NO4/c1-11(17(20)21)19-18(22)23-10-16-14-8-4-2-6-12(14)13-7-3-5-9-15(13)16/h2-9,11,16H,10H2,1H3,(H,19,22)(H,20,21)/i20+1. The minimum absolute atomic E-state index is 0.0340. The van der Waals surface area contributed by atoms with Gasteiger partial charge in [-0.15, -0.1) is 0 Å². The van der Waals surface area contributed by atoms with E-state index in [4.69, 9.17) is 9.84 Å². The van der Waals surface area contributed by atoms with Gasteiger partial charge in [-0.2, -0.15) is 0 Å². The number of rotatable bonds is 4. The summed E-state index contributed by atoms with van der Waals surface area (Å²) in [5.41, 5.74) is 4.53. The molecule has 5 heteroatoms. The number of amides is 1. The van der Waals surface area contributed by atoms with E-state index in [-0.39, 0.29) is 12.5 Å². The molecule has 1 aliphatic rings. The van der Waals surface area contributed by atoms with Gasteiger partial charge in [-0.25, -0.2) is 4.79 Å². The number of aliphatic carboxylic acids is 1. The van der Waals surface area contributed by atoms with Gasteiger partial charge in [0.2, 0.25) is 0 Å². The quantitative estimate of drug-likeness (QED) is 0.910. The lowest BCUT2D eigenvalue weighted by molar-refractivity contribution is -0.138. The van der Waals surface area contributed by atoms with Gasteiger partial charge in [0.25, 0.3) is 0 Å². The largest absolute Gasteiger partial charge is 0.480 e. The molecule has 3 rings (SSSR count). The smallest absolute Gasteiger partial charge is 0.407 e. The first-order chi connectivity index (χ1) is 11.1. The number of hydrogen-bond donors (Lipinski definition) is 2. The highest BCUT2D eigenvalue weighted by atomic mass is 17.1. The molecule has 0 bridgehead atoms. The van der Waals surface area contributed by atoms with Crippen molar-refractivity contribution in [2.45, 2.75) is 18.9 Å². The lowest BCUT2D eigenvalue weighted by atomic mass is 9.98. The van der Waals surface area contributed by atoms with Crippen LogP contribution in [0.3, 0.4) is 0 Å². The molecule has 23 heavy (non-hydrogen) atoms. The summed E-state index contributed by atoms with van der Waals surface area (Å²) in [6, 6.07) is 15.1. The highest BCUT2D eigenvalue weighted by Gasteiger charge is 2.29. The second-order valence-electron chi connectivity index (χ2n) is 5.53. The van der Waals surface area contributed by atoms with Gasteiger partial charge in [-0.1, -0.05) is 48.5 Å². The SMILES string of the molecule is CC(NC(=O)OCC1c2ccccc2-c2ccccc21)C(O)=[17O]. The maximum atomic E-state index is 11.7. The maximum Gasteiger partial charge on any atom is 0.407 e. The highest BCUT2D eigenvalue weighted by Crippen LogP contribution is 2.44. The van der Waals surface area contributed by atoms with Crippen LogP contribution in [0, 0.1) is 0 Å². The predicted molar refractivity (Wildman–Crippen MR) is 85.3 cm³/mol. The van der Waals surface area contributed by atoms with Crippen molar-refractivity contribution in [3.05, 3.63) is 59.7 Å². The summed E-state index contributed by atoms with van der Waals surface area (Å²) >= 11 is 0. The fourth-order valence-corrected chi connectivity index (χ4v) is 2.88. The molecule has 0 radical (unpaired) electrons. The van der Waals surface area contributed by atoms with Crippen molar-refractivity contribution in [1.29, 1.82) is 0 Å². The first kappa shape index (κ1) is 15.1. The van der Waals surface area contributed by atoms with E-state index in [0.717, 1.165) is 22.3 Å². The van der Waals surface area contributed by atoms with Crippen molar-refractivity contribution in [2.75, 3.05) is 6.61 Å². The van der Waals surface area contributed by atoms with E-state index in [1.807, 2.05) is 36.4 Å². The van der Waals surface area contributed by atoms with E-state index in [1.165, 1.54) is 6.92 Å². The number of carboxylic acid groups (broad SMARTS) is 1. The Morgan fingerprint density at radius 2 is 1.70 bits per heavy atom. The number of nitrogens with one attached hydrogen (secondary N) is 1. The zero-order valence-corrected chi connectivity index (χ0v) is 12.7. The summed E-state index contributed by atoms with van der Waals surface area (Å²) < 4.78 is 5.25. The molecule has 1 unspecified atom stereocenters. The second-order valence-corrected chi connectivity index (χ2v) is 5.53. The van der Waals surface area contributed by atoms with Crippen LogP contribution in [0.2, 0.25) is 0 Å². The summed E-state index contributed by atoms with van der Waals surface area (Å²) in [7, 11) is 0. The zero-order chi connectivity index (χ0) is 16.4. The number of alkyl carbamates (subject to hydrolysis) is 1. The van der Waals surface area contributed by atoms with Crippen LogP contribution >= 0.6 is 0 Å². The number of benzene rings is 2. The summed E-state index contributed by atoms with van der Waals surface area (Å²) in [6.45, 7) is 1.57. The Labute approximate surface area is 133 Å². The van der Waals surface area contributed by atoms with E-state index in [9.17, 15) is 9.59 Å². The molecule has 2 aromatic carbocycles. The molecule has 2 aromatic rings. The van der Waals surface area contributed by atoms with Crippen LogP contribution in [0.1, 0.15) is 24.0 Å². The van der Waals surface area contributed by atoms with Crippen molar-refractivity contribution in [2.24, 2.45) is 0 Å². The first-order valence-corrected chi connectivity index (χ1v) is 7.42. The van der Waals surface area contributed by atoms with Gasteiger partial charge < -0.3 is 15.2 Å². The molecular weight excluding hydrogens is 295 g/mol. The molecular formula is C18H17NO4. The lowest BCUT2D eigenvalue weighted by Crippen LogP contribution is -2.39. The van der Waals surface area contributed by atoms with Crippen molar-refractivity contribution < 1.29 is 19.4 Å². The molecule has 2 N–H and O–H groups in total. The Hall–Kier alpha value is -2.82. The average molecular weight is 312 g/mol. The molecule has 0 fully saturated rings. The van der Waals surface area contributed by atoms with Crippen LogP contribution in [0.15, 0.2) is 48.5 Å². The monoisotopic (exact) mass is 312 g/mol. The third kappa shape index (κ3) is 2.90. The summed E-state index contributed by atoms with van der Waals surface area (Å²) in [5, 5.41) is 11.1. The molecule has 0 spiro atoms. The van der Waals surface area contributed by atoms with E-state index >= 15 is 0 Å². The molecule has 1 atom stereocenters. The number of fused-ring (bicyclic) bond motifs is 3. The lowest BCUT2D eigenvalue weighted by Gasteiger charge is -2.15. The highest BCUT2D eigenvalue weighted by molar-refractivity contribution is 5.80. The van der Waals surface area contributed by atoms with Gasteiger partial charge in [0, 0.05) is 5.92 Å². The minimum atomic E-state index is -1.10. The topological polar surface area (TPSA) is 75.6 Å². The summed E-state index contributed by atoms with van der Waals surface area (Å²) in [4.78, 5) is 22.5. The predicted octanol–water partition coefficient (Wildman–Crippen LogP) is 3.00. The van der Waals surface area contributed by atoms with Gasteiger partial charge in [0.15, 0.2) is 0 Å². The third-order valence-corrected chi connectivity index (χ3v) is 4.05. The zero-order valence-electron chi connectivity index (χ0n) is 12.7. The van der Waals surface area contributed by atoms with Crippen molar-refractivity contribution >= 4 is 12.1 Å². The van der Waals surface area contributed by atoms with Crippen LogP contribution in [0.5, 0.6) is 0 Å². The number of carbonyl (C=O) groups excluding carboxylic acids is 1. The normalized spacial score (nSPS) is 13.8. The fraction of sp³-hybridized carbons (Fsp3) is 0.222. The Bertz CT molecular complexity index is 711. The van der Waals surface area contributed by atoms with Gasteiger partial charge in [-0.3, -0.25) is 4.79 Å². The van der Waals surface area contributed by atoms with E-state index in [2.05, 4.69) is 17.4 Å². The maximum absolute atomic E-state index is 11.7. The van der Waals surface area contributed by atoms with Crippen LogP contribution < -0.4 is 5.32 Å². The number of hydrogen-bond acceptors (Lipinski definition) is 3. The summed E-state index contributed by atoms with van der Waals surface area (Å²) in [6.07, 6.45) is -0.721. The Morgan fingerprint density at radius 3 is 2.22 bits per heavy atom.